The lowest BCUT2D eigenvalue weighted by Crippen LogP contribution is -2.44. The van der Waals surface area contributed by atoms with E-state index in [1.807, 2.05) is 31.5 Å². The van der Waals surface area contributed by atoms with Crippen molar-refractivity contribution in [2.75, 3.05) is 24.2 Å². The SMILES string of the molecule is CSc1cncc(N2CCC(NC(=O)c3ccc(C)s3)CC2)n1. The Hall–Kier alpha value is -1.60. The molecule has 1 saturated heterocycles. The van der Waals surface area contributed by atoms with Crippen molar-refractivity contribution < 1.29 is 4.79 Å². The van der Waals surface area contributed by atoms with Crippen LogP contribution in [0.3, 0.4) is 0 Å². The van der Waals surface area contributed by atoms with Crippen LogP contribution in [0.25, 0.3) is 0 Å². The van der Waals surface area contributed by atoms with E-state index in [9.17, 15) is 4.79 Å². The minimum atomic E-state index is 0.0470. The molecule has 1 N–H and O–H groups in total. The zero-order chi connectivity index (χ0) is 16.2. The predicted octanol–water partition coefficient (Wildman–Crippen LogP) is 2.97. The summed E-state index contributed by atoms with van der Waals surface area (Å²) in [5, 5.41) is 4.08. The molecule has 2 aromatic rings. The fourth-order valence-corrected chi connectivity index (χ4v) is 3.78. The van der Waals surface area contributed by atoms with E-state index in [1.54, 1.807) is 29.3 Å². The van der Waals surface area contributed by atoms with Gasteiger partial charge in [-0.25, -0.2) is 4.98 Å². The monoisotopic (exact) mass is 348 g/mol. The summed E-state index contributed by atoms with van der Waals surface area (Å²) in [7, 11) is 0. The minimum Gasteiger partial charge on any atom is -0.355 e. The number of aryl methyl sites for hydroxylation is 1. The van der Waals surface area contributed by atoms with E-state index >= 15 is 0 Å². The normalized spacial score (nSPS) is 15.7. The number of thioether (sulfide) groups is 1. The summed E-state index contributed by atoms with van der Waals surface area (Å²) < 4.78 is 0. The van der Waals surface area contributed by atoms with Gasteiger partial charge in [-0.2, -0.15) is 0 Å². The standard InChI is InChI=1S/C16H20N4OS2/c1-11-3-4-13(23-11)16(21)18-12-5-7-20(8-6-12)14-9-17-10-15(19-14)22-2/h3-4,9-10,12H,5-8H2,1-2H3,(H,18,21). The second kappa shape index (κ2) is 7.31. The first kappa shape index (κ1) is 16.3. The number of hydrogen-bond donors (Lipinski definition) is 1. The Morgan fingerprint density at radius 3 is 2.78 bits per heavy atom. The van der Waals surface area contributed by atoms with Gasteiger partial charge in [0.2, 0.25) is 0 Å². The molecule has 1 amide bonds. The maximum absolute atomic E-state index is 12.2. The highest BCUT2D eigenvalue weighted by atomic mass is 32.2. The highest BCUT2D eigenvalue weighted by Gasteiger charge is 2.22. The van der Waals surface area contributed by atoms with Gasteiger partial charge in [0.1, 0.15) is 10.8 Å². The molecule has 3 rings (SSSR count). The van der Waals surface area contributed by atoms with Gasteiger partial charge in [0, 0.05) is 24.0 Å². The Kier molecular flexibility index (Phi) is 5.17. The topological polar surface area (TPSA) is 58.1 Å². The summed E-state index contributed by atoms with van der Waals surface area (Å²) in [6, 6.07) is 4.12. The largest absolute Gasteiger partial charge is 0.355 e. The third-order valence-corrected chi connectivity index (χ3v) is 5.54. The third kappa shape index (κ3) is 4.03. The van der Waals surface area contributed by atoms with Gasteiger partial charge in [0.05, 0.1) is 17.3 Å². The lowest BCUT2D eigenvalue weighted by molar-refractivity contribution is 0.0935. The van der Waals surface area contributed by atoms with Crippen LogP contribution < -0.4 is 10.2 Å². The number of carbonyl (C=O) groups is 1. The molecule has 1 fully saturated rings. The molecule has 2 aromatic heterocycles. The second-order valence-corrected chi connectivity index (χ2v) is 7.68. The Morgan fingerprint density at radius 2 is 2.13 bits per heavy atom. The van der Waals surface area contributed by atoms with Crippen molar-refractivity contribution in [3.05, 3.63) is 34.3 Å². The van der Waals surface area contributed by atoms with E-state index in [1.165, 1.54) is 0 Å². The summed E-state index contributed by atoms with van der Waals surface area (Å²) >= 11 is 3.14. The molecule has 0 unspecified atom stereocenters. The predicted molar refractivity (Wildman–Crippen MR) is 95.6 cm³/mol. The number of anilines is 1. The van der Waals surface area contributed by atoms with Crippen LogP contribution in [0.5, 0.6) is 0 Å². The molecule has 23 heavy (non-hydrogen) atoms. The molecular formula is C16H20N4OS2. The van der Waals surface area contributed by atoms with E-state index in [2.05, 4.69) is 20.2 Å². The van der Waals surface area contributed by atoms with Crippen molar-refractivity contribution in [1.29, 1.82) is 0 Å². The average molecular weight is 348 g/mol. The molecule has 0 radical (unpaired) electrons. The van der Waals surface area contributed by atoms with Gasteiger partial charge in [0.25, 0.3) is 5.91 Å². The maximum atomic E-state index is 12.2. The van der Waals surface area contributed by atoms with Crippen molar-refractivity contribution in [2.45, 2.75) is 30.8 Å². The van der Waals surface area contributed by atoms with Gasteiger partial charge in [-0.05, 0) is 38.2 Å². The first-order valence-electron chi connectivity index (χ1n) is 7.64. The van der Waals surface area contributed by atoms with Crippen LogP contribution in [0.15, 0.2) is 29.6 Å². The first-order valence-corrected chi connectivity index (χ1v) is 9.68. The Bertz CT molecular complexity index is 680. The lowest BCUT2D eigenvalue weighted by atomic mass is 10.1. The summed E-state index contributed by atoms with van der Waals surface area (Å²) in [5.74, 6) is 0.973. The second-order valence-electron chi connectivity index (χ2n) is 5.56. The molecule has 1 aliphatic rings. The zero-order valence-electron chi connectivity index (χ0n) is 13.3. The van der Waals surface area contributed by atoms with E-state index < -0.39 is 0 Å². The van der Waals surface area contributed by atoms with E-state index in [0.717, 1.165) is 46.5 Å². The molecule has 0 aromatic carbocycles. The van der Waals surface area contributed by atoms with Gasteiger partial charge >= 0.3 is 0 Å². The van der Waals surface area contributed by atoms with Crippen LogP contribution >= 0.6 is 23.1 Å². The van der Waals surface area contributed by atoms with Crippen LogP contribution in [0.1, 0.15) is 27.4 Å². The van der Waals surface area contributed by atoms with Crippen LogP contribution in [0.2, 0.25) is 0 Å². The van der Waals surface area contributed by atoms with E-state index in [-0.39, 0.29) is 11.9 Å². The first-order chi connectivity index (χ1) is 11.2. The number of rotatable bonds is 4. The van der Waals surface area contributed by atoms with Crippen molar-refractivity contribution in [1.82, 2.24) is 15.3 Å². The minimum absolute atomic E-state index is 0.0470. The van der Waals surface area contributed by atoms with E-state index in [0.29, 0.717) is 0 Å². The number of hydrogen-bond acceptors (Lipinski definition) is 6. The molecule has 7 heteroatoms. The van der Waals surface area contributed by atoms with Crippen molar-refractivity contribution in [2.24, 2.45) is 0 Å². The number of nitrogens with one attached hydrogen (secondary N) is 1. The number of amides is 1. The number of thiophene rings is 1. The number of aromatic nitrogens is 2. The fraction of sp³-hybridized carbons (Fsp3) is 0.438. The molecule has 5 nitrogen and oxygen atoms in total. The molecule has 0 spiro atoms. The van der Waals surface area contributed by atoms with Gasteiger partial charge < -0.3 is 10.2 Å². The third-order valence-electron chi connectivity index (χ3n) is 3.93. The average Bonchev–Trinajstić information content (AvgIpc) is 3.02. The Balaban J connectivity index is 1.55. The maximum Gasteiger partial charge on any atom is 0.261 e. The summed E-state index contributed by atoms with van der Waals surface area (Å²) in [5.41, 5.74) is 0. The molecule has 0 atom stereocenters. The number of carbonyl (C=O) groups excluding carboxylic acids is 1. The molecular weight excluding hydrogens is 328 g/mol. The van der Waals surface area contributed by atoms with E-state index in [4.69, 9.17) is 0 Å². The van der Waals surface area contributed by atoms with Crippen LogP contribution in [-0.2, 0) is 0 Å². The molecule has 1 aliphatic heterocycles. The Morgan fingerprint density at radius 1 is 1.35 bits per heavy atom. The number of nitrogens with zero attached hydrogens (tertiary/aromatic N) is 3. The smallest absolute Gasteiger partial charge is 0.261 e. The molecule has 0 saturated carbocycles. The van der Waals surface area contributed by atoms with Crippen LogP contribution in [0, 0.1) is 6.92 Å². The van der Waals surface area contributed by atoms with Crippen molar-refractivity contribution >= 4 is 34.8 Å². The number of piperidine rings is 1. The van der Waals surface area contributed by atoms with Crippen molar-refractivity contribution in [3.8, 4) is 0 Å². The Labute approximate surface area is 144 Å². The van der Waals surface area contributed by atoms with Gasteiger partial charge in [-0.15, -0.1) is 23.1 Å². The quantitative estimate of drug-likeness (QED) is 0.861. The van der Waals surface area contributed by atoms with Gasteiger partial charge in [-0.3, -0.25) is 9.78 Å². The highest BCUT2D eigenvalue weighted by molar-refractivity contribution is 7.98. The van der Waals surface area contributed by atoms with Gasteiger partial charge in [-0.1, -0.05) is 0 Å². The van der Waals surface area contributed by atoms with Crippen LogP contribution in [-0.4, -0.2) is 41.3 Å². The molecule has 0 aliphatic carbocycles. The van der Waals surface area contributed by atoms with Crippen molar-refractivity contribution in [3.63, 3.8) is 0 Å². The summed E-state index contributed by atoms with van der Waals surface area (Å²) in [6.07, 6.45) is 7.46. The summed E-state index contributed by atoms with van der Waals surface area (Å²) in [6.45, 7) is 3.80. The lowest BCUT2D eigenvalue weighted by Gasteiger charge is -2.33. The molecule has 0 bridgehead atoms. The zero-order valence-corrected chi connectivity index (χ0v) is 14.9. The van der Waals surface area contributed by atoms with Crippen LogP contribution in [0.4, 0.5) is 5.82 Å². The fourth-order valence-electron chi connectivity index (χ4n) is 2.66. The molecule has 3 heterocycles. The highest BCUT2D eigenvalue weighted by Crippen LogP contribution is 2.21. The molecule has 122 valence electrons. The van der Waals surface area contributed by atoms with Gasteiger partial charge in [0.15, 0.2) is 0 Å². The summed E-state index contributed by atoms with van der Waals surface area (Å²) in [4.78, 5) is 25.3.